The molecule has 5 rings (SSSR count). The maximum absolute atomic E-state index is 13.2. The van der Waals surface area contributed by atoms with Gasteiger partial charge in [0.25, 0.3) is 5.91 Å². The second kappa shape index (κ2) is 9.49. The summed E-state index contributed by atoms with van der Waals surface area (Å²) in [7, 11) is -3.70. The maximum Gasteiger partial charge on any atom is 0.275 e. The highest BCUT2D eigenvalue weighted by molar-refractivity contribution is 7.89. The smallest absolute Gasteiger partial charge is 0.275 e. The van der Waals surface area contributed by atoms with E-state index in [-0.39, 0.29) is 36.4 Å². The summed E-state index contributed by atoms with van der Waals surface area (Å²) in [4.78, 5) is 21.6. The summed E-state index contributed by atoms with van der Waals surface area (Å²) in [6.45, 7) is 4.18. The van der Waals surface area contributed by atoms with E-state index in [2.05, 4.69) is 30.8 Å². The number of tetrazole rings is 1. The summed E-state index contributed by atoms with van der Waals surface area (Å²) in [6.07, 6.45) is 1.21. The molecule has 3 aromatic rings. The molecule has 0 unspecified atom stereocenters. The van der Waals surface area contributed by atoms with E-state index in [4.69, 9.17) is 0 Å². The number of halogens is 2. The number of aromatic nitrogens is 6. The van der Waals surface area contributed by atoms with E-state index in [1.165, 1.54) is 4.31 Å². The van der Waals surface area contributed by atoms with E-state index < -0.39 is 40.6 Å². The predicted molar refractivity (Wildman–Crippen MR) is 129 cm³/mol. The Balaban J connectivity index is 1.29. The highest BCUT2D eigenvalue weighted by atomic mass is 32.2. The van der Waals surface area contributed by atoms with Gasteiger partial charge in [-0.1, -0.05) is 6.07 Å². The van der Waals surface area contributed by atoms with Crippen LogP contribution in [0.3, 0.4) is 0 Å². The third kappa shape index (κ3) is 5.34. The fourth-order valence-corrected chi connectivity index (χ4v) is 6.35. The quantitative estimate of drug-likeness (QED) is 0.491. The van der Waals surface area contributed by atoms with Gasteiger partial charge in [-0.05, 0) is 65.9 Å². The number of carbonyl (C=O) groups excluding carboxylic acids is 1. The van der Waals surface area contributed by atoms with E-state index >= 15 is 0 Å². The van der Waals surface area contributed by atoms with E-state index in [0.29, 0.717) is 23.5 Å². The van der Waals surface area contributed by atoms with Crippen LogP contribution in [0, 0.1) is 5.92 Å². The molecule has 37 heavy (non-hydrogen) atoms. The Morgan fingerprint density at radius 2 is 2.03 bits per heavy atom. The number of amides is 1. The van der Waals surface area contributed by atoms with Crippen molar-refractivity contribution in [2.45, 2.75) is 51.6 Å². The van der Waals surface area contributed by atoms with Gasteiger partial charge in [0.05, 0.1) is 11.8 Å². The van der Waals surface area contributed by atoms with Crippen molar-refractivity contribution in [1.29, 1.82) is 0 Å². The number of fused-ring (bicyclic) bond motifs is 1. The van der Waals surface area contributed by atoms with Gasteiger partial charge in [-0.15, -0.1) is 5.10 Å². The first kappa shape index (κ1) is 25.3. The normalized spacial score (nSPS) is 17.9. The van der Waals surface area contributed by atoms with Gasteiger partial charge in [-0.3, -0.25) is 9.78 Å². The fraction of sp³-hybridized carbons (Fsp3) is 0.478. The lowest BCUT2D eigenvalue weighted by atomic mass is 9.83. The number of carbonyl (C=O) groups is 1. The molecule has 1 fully saturated rings. The first-order chi connectivity index (χ1) is 17.5. The number of hydrogen-bond donors (Lipinski definition) is 1. The molecular weight excluding hydrogens is 506 g/mol. The summed E-state index contributed by atoms with van der Waals surface area (Å²) in [5, 5.41) is 14.4. The van der Waals surface area contributed by atoms with Crippen molar-refractivity contribution in [3.63, 3.8) is 0 Å². The standard InChI is InChI=1S/C23H26F2N8O3S/c1-14(2)33-21(29-30-31-33)18-4-3-5-20(27-18)28-22(34)19-8-17-12-32(7-6-16(17)11-26-19)37(35,36)13-15-9-23(24,25)10-15/h3-5,8,11,14-15H,6-7,9-10,12-13H2,1-2H3,(H,27,28,34). The molecule has 11 nitrogen and oxygen atoms in total. The van der Waals surface area contributed by atoms with Crippen LogP contribution >= 0.6 is 0 Å². The third-order valence-electron chi connectivity index (χ3n) is 6.51. The number of nitrogens with one attached hydrogen (secondary N) is 1. The number of rotatable bonds is 7. The fourth-order valence-electron chi connectivity index (χ4n) is 4.60. The lowest BCUT2D eigenvalue weighted by Gasteiger charge is -2.36. The Labute approximate surface area is 212 Å². The summed E-state index contributed by atoms with van der Waals surface area (Å²) in [5.41, 5.74) is 2.10. The summed E-state index contributed by atoms with van der Waals surface area (Å²) < 4.78 is 54.9. The second-order valence-electron chi connectivity index (χ2n) is 9.73. The van der Waals surface area contributed by atoms with Gasteiger partial charge in [0.2, 0.25) is 21.8 Å². The molecule has 0 spiro atoms. The Kier molecular flexibility index (Phi) is 6.48. The monoisotopic (exact) mass is 532 g/mol. The molecule has 196 valence electrons. The Bertz CT molecular complexity index is 1440. The molecule has 0 saturated heterocycles. The SMILES string of the molecule is CC(C)n1nnnc1-c1cccc(NC(=O)c2cc3c(cn2)CCN(S(=O)(=O)CC2CC(F)(F)C2)C3)n1. The van der Waals surface area contributed by atoms with Crippen LogP contribution in [0.25, 0.3) is 11.5 Å². The zero-order valence-electron chi connectivity index (χ0n) is 20.3. The van der Waals surface area contributed by atoms with Crippen molar-refractivity contribution in [2.75, 3.05) is 17.6 Å². The zero-order valence-corrected chi connectivity index (χ0v) is 21.1. The van der Waals surface area contributed by atoms with Crippen molar-refractivity contribution >= 4 is 21.7 Å². The first-order valence-electron chi connectivity index (χ1n) is 11.9. The molecule has 14 heteroatoms. The van der Waals surface area contributed by atoms with Crippen LogP contribution in [0.5, 0.6) is 0 Å². The second-order valence-corrected chi connectivity index (χ2v) is 11.7. The molecular formula is C23H26F2N8O3S. The van der Waals surface area contributed by atoms with Crippen LogP contribution < -0.4 is 5.32 Å². The Hall–Kier alpha value is -3.39. The van der Waals surface area contributed by atoms with Gasteiger partial charge < -0.3 is 5.32 Å². The average Bonchev–Trinajstić information content (AvgIpc) is 3.33. The van der Waals surface area contributed by atoms with E-state index in [0.717, 1.165) is 5.56 Å². The Morgan fingerprint density at radius 3 is 2.76 bits per heavy atom. The number of pyridine rings is 2. The highest BCUT2D eigenvalue weighted by Crippen LogP contribution is 2.43. The van der Waals surface area contributed by atoms with Crippen molar-refractivity contribution < 1.29 is 22.0 Å². The number of hydrogen-bond acceptors (Lipinski definition) is 8. The zero-order chi connectivity index (χ0) is 26.4. The third-order valence-corrected chi connectivity index (χ3v) is 8.50. The van der Waals surface area contributed by atoms with Gasteiger partial charge in [0.1, 0.15) is 17.2 Å². The summed E-state index contributed by atoms with van der Waals surface area (Å²) >= 11 is 0. The average molecular weight is 533 g/mol. The number of sulfonamides is 1. The maximum atomic E-state index is 13.2. The van der Waals surface area contributed by atoms with Crippen LogP contribution in [0.1, 0.15) is 54.3 Å². The van der Waals surface area contributed by atoms with Crippen molar-refractivity contribution in [3.8, 4) is 11.5 Å². The van der Waals surface area contributed by atoms with Gasteiger partial charge in [-0.2, -0.15) is 4.31 Å². The minimum atomic E-state index is -3.70. The van der Waals surface area contributed by atoms with Gasteiger partial charge in [-0.25, -0.2) is 26.9 Å². The molecule has 1 aliphatic heterocycles. The van der Waals surface area contributed by atoms with Crippen LogP contribution in [0.4, 0.5) is 14.6 Å². The lowest BCUT2D eigenvalue weighted by Crippen LogP contribution is -2.44. The molecule has 1 amide bonds. The van der Waals surface area contributed by atoms with Crippen LogP contribution in [-0.4, -0.2) is 67.0 Å². The van der Waals surface area contributed by atoms with Crippen molar-refractivity contribution in [2.24, 2.45) is 5.92 Å². The summed E-state index contributed by atoms with van der Waals surface area (Å²) in [6, 6.07) is 6.66. The molecule has 0 radical (unpaired) electrons. The lowest BCUT2D eigenvalue weighted by molar-refractivity contribution is -0.103. The highest BCUT2D eigenvalue weighted by Gasteiger charge is 2.47. The first-order valence-corrected chi connectivity index (χ1v) is 13.5. The molecule has 1 saturated carbocycles. The summed E-state index contributed by atoms with van der Waals surface area (Å²) in [5.74, 6) is -3.36. The molecule has 3 aromatic heterocycles. The van der Waals surface area contributed by atoms with Crippen LogP contribution in [0.2, 0.25) is 0 Å². The number of alkyl halides is 2. The van der Waals surface area contributed by atoms with E-state index in [9.17, 15) is 22.0 Å². The van der Waals surface area contributed by atoms with Crippen LogP contribution in [-0.2, 0) is 23.0 Å². The molecule has 1 N–H and O–H groups in total. The van der Waals surface area contributed by atoms with Crippen LogP contribution in [0.15, 0.2) is 30.5 Å². The molecule has 0 atom stereocenters. The van der Waals surface area contributed by atoms with Crippen molar-refractivity contribution in [3.05, 3.63) is 47.3 Å². The Morgan fingerprint density at radius 1 is 1.24 bits per heavy atom. The molecule has 1 aliphatic carbocycles. The van der Waals surface area contributed by atoms with E-state index in [1.807, 2.05) is 13.8 Å². The van der Waals surface area contributed by atoms with Gasteiger partial charge in [0.15, 0.2) is 0 Å². The van der Waals surface area contributed by atoms with Crippen molar-refractivity contribution in [1.82, 2.24) is 34.5 Å². The largest absolute Gasteiger partial charge is 0.305 e. The van der Waals surface area contributed by atoms with Gasteiger partial charge in [0, 0.05) is 32.1 Å². The minimum Gasteiger partial charge on any atom is -0.305 e. The number of nitrogens with zero attached hydrogens (tertiary/aromatic N) is 7. The predicted octanol–water partition coefficient (Wildman–Crippen LogP) is 2.70. The molecule has 2 aliphatic rings. The van der Waals surface area contributed by atoms with Gasteiger partial charge >= 0.3 is 0 Å². The minimum absolute atomic E-state index is 0.0165. The molecule has 0 aromatic carbocycles. The topological polar surface area (TPSA) is 136 Å². The van der Waals surface area contributed by atoms with E-state index in [1.54, 1.807) is 35.1 Å². The number of anilines is 1. The molecule has 4 heterocycles. The molecule has 0 bridgehead atoms.